The molecule has 0 saturated heterocycles. The lowest BCUT2D eigenvalue weighted by molar-refractivity contribution is -0.140. The van der Waals surface area contributed by atoms with Crippen LogP contribution in [-0.2, 0) is 14.3 Å². The molecule has 8 heteroatoms. The topological polar surface area (TPSA) is 86.1 Å². The summed E-state index contributed by atoms with van der Waals surface area (Å²) < 4.78 is 19.3. The van der Waals surface area contributed by atoms with E-state index in [-0.39, 0.29) is 17.7 Å². The van der Waals surface area contributed by atoms with Crippen molar-refractivity contribution in [2.75, 3.05) is 12.4 Å². The molecule has 0 radical (unpaired) electrons. The molecule has 31 heavy (non-hydrogen) atoms. The number of anilines is 1. The van der Waals surface area contributed by atoms with Gasteiger partial charge >= 0.3 is 5.97 Å². The first-order valence-electron chi connectivity index (χ1n) is 10.2. The van der Waals surface area contributed by atoms with E-state index in [4.69, 9.17) is 0 Å². The third-order valence-corrected chi connectivity index (χ3v) is 4.79. The van der Waals surface area contributed by atoms with Gasteiger partial charge in [-0.2, -0.15) is 0 Å². The summed E-state index contributed by atoms with van der Waals surface area (Å²) in [7, 11) is 1.38. The van der Waals surface area contributed by atoms with Gasteiger partial charge in [-0.25, -0.2) is 9.07 Å². The molecular formula is C23H25FN4O3. The molecular weight excluding hydrogens is 399 g/mol. The number of halogens is 1. The lowest BCUT2D eigenvalue weighted by atomic mass is 10.1. The Bertz CT molecular complexity index is 1020. The zero-order valence-corrected chi connectivity index (χ0v) is 17.4. The Morgan fingerprint density at radius 1 is 1.03 bits per heavy atom. The summed E-state index contributed by atoms with van der Waals surface area (Å²) in [5, 5.41) is 11.2. The summed E-state index contributed by atoms with van der Waals surface area (Å²) in [5.74, 6) is -0.566. The Labute approximate surface area is 180 Å². The number of hydrogen-bond donors (Lipinski definition) is 1. The smallest absolute Gasteiger partial charge is 0.305 e. The Kier molecular flexibility index (Phi) is 7.86. The van der Waals surface area contributed by atoms with E-state index in [2.05, 4.69) is 20.4 Å². The number of rotatable bonds is 10. The number of hydrogen-bond acceptors (Lipinski definition) is 5. The molecule has 1 aromatic heterocycles. The molecule has 1 N–H and O–H groups in total. The molecule has 3 rings (SSSR count). The average molecular weight is 424 g/mol. The molecule has 7 nitrogen and oxygen atoms in total. The van der Waals surface area contributed by atoms with Crippen LogP contribution in [-0.4, -0.2) is 34.0 Å². The first kappa shape index (κ1) is 22.1. The number of unbranched alkanes of at least 4 members (excludes halogenated alkanes) is 3. The van der Waals surface area contributed by atoms with Gasteiger partial charge in [0.1, 0.15) is 11.5 Å². The fraction of sp³-hybridized carbons (Fsp3) is 0.304. The van der Waals surface area contributed by atoms with Crippen molar-refractivity contribution in [3.8, 4) is 16.9 Å². The van der Waals surface area contributed by atoms with E-state index in [0.29, 0.717) is 29.9 Å². The molecule has 162 valence electrons. The molecule has 1 heterocycles. The summed E-state index contributed by atoms with van der Waals surface area (Å²) in [6, 6.07) is 13.4. The largest absolute Gasteiger partial charge is 0.469 e. The van der Waals surface area contributed by atoms with Gasteiger partial charge in [-0.3, -0.25) is 9.59 Å². The highest BCUT2D eigenvalue weighted by Crippen LogP contribution is 2.22. The van der Waals surface area contributed by atoms with Gasteiger partial charge in [0.2, 0.25) is 5.91 Å². The second kappa shape index (κ2) is 11.0. The molecule has 0 aliphatic carbocycles. The van der Waals surface area contributed by atoms with Crippen molar-refractivity contribution in [3.05, 3.63) is 60.5 Å². The molecule has 2 aromatic carbocycles. The van der Waals surface area contributed by atoms with E-state index >= 15 is 0 Å². The monoisotopic (exact) mass is 424 g/mol. The highest BCUT2D eigenvalue weighted by molar-refractivity contribution is 5.91. The van der Waals surface area contributed by atoms with Crippen molar-refractivity contribution >= 4 is 17.6 Å². The van der Waals surface area contributed by atoms with Crippen LogP contribution in [0.25, 0.3) is 16.9 Å². The number of amides is 1. The number of carbonyl (C=O) groups excluding carboxylic acids is 2. The van der Waals surface area contributed by atoms with Crippen molar-refractivity contribution in [1.29, 1.82) is 0 Å². The number of ether oxygens (including phenoxy) is 1. The van der Waals surface area contributed by atoms with E-state index in [0.717, 1.165) is 31.2 Å². The molecule has 0 aliphatic rings. The number of nitrogens with one attached hydrogen (secondary N) is 1. The number of nitrogens with zero attached hydrogens (tertiary/aromatic N) is 3. The van der Waals surface area contributed by atoms with E-state index < -0.39 is 0 Å². The van der Waals surface area contributed by atoms with Crippen molar-refractivity contribution in [1.82, 2.24) is 15.0 Å². The molecule has 0 bridgehead atoms. The Morgan fingerprint density at radius 2 is 1.77 bits per heavy atom. The van der Waals surface area contributed by atoms with Crippen molar-refractivity contribution in [3.63, 3.8) is 0 Å². The summed E-state index contributed by atoms with van der Waals surface area (Å²) in [4.78, 5) is 23.3. The zero-order chi connectivity index (χ0) is 22.1. The van der Waals surface area contributed by atoms with E-state index in [1.807, 2.05) is 24.3 Å². The van der Waals surface area contributed by atoms with Gasteiger partial charge in [-0.15, -0.1) is 5.10 Å². The summed E-state index contributed by atoms with van der Waals surface area (Å²) in [6.45, 7) is 0. The molecule has 0 unspecified atom stereocenters. The van der Waals surface area contributed by atoms with Gasteiger partial charge in [0.25, 0.3) is 0 Å². The summed E-state index contributed by atoms with van der Waals surface area (Å²) in [5.41, 5.74) is 2.85. The minimum absolute atomic E-state index is 0.0555. The second-order valence-electron chi connectivity index (χ2n) is 7.14. The lowest BCUT2D eigenvalue weighted by Crippen LogP contribution is -2.11. The second-order valence-corrected chi connectivity index (χ2v) is 7.14. The molecule has 0 saturated carbocycles. The van der Waals surface area contributed by atoms with E-state index in [9.17, 15) is 14.0 Å². The Hall–Kier alpha value is -3.55. The lowest BCUT2D eigenvalue weighted by Gasteiger charge is -2.06. The maximum absolute atomic E-state index is 13.1. The van der Waals surface area contributed by atoms with Crippen LogP contribution < -0.4 is 5.32 Å². The number of aromatic nitrogens is 3. The zero-order valence-electron chi connectivity index (χ0n) is 17.4. The molecule has 0 atom stereocenters. The predicted octanol–water partition coefficient (Wildman–Crippen LogP) is 4.53. The first-order chi connectivity index (χ1) is 15.0. The average Bonchev–Trinajstić information content (AvgIpc) is 3.27. The third-order valence-electron chi connectivity index (χ3n) is 4.79. The van der Waals surface area contributed by atoms with Crippen LogP contribution in [0.1, 0.15) is 38.5 Å². The SMILES string of the molecule is COC(=O)CCCCCCC(=O)Nc1cccc(-c2cn(-c3ccc(F)cc3)nn2)c1. The highest BCUT2D eigenvalue weighted by atomic mass is 19.1. The minimum atomic E-state index is -0.311. The maximum atomic E-state index is 13.1. The van der Waals surface area contributed by atoms with Crippen LogP contribution >= 0.6 is 0 Å². The van der Waals surface area contributed by atoms with Gasteiger partial charge < -0.3 is 10.1 Å². The normalized spacial score (nSPS) is 10.6. The highest BCUT2D eigenvalue weighted by Gasteiger charge is 2.08. The van der Waals surface area contributed by atoms with Gasteiger partial charge in [0.15, 0.2) is 0 Å². The molecule has 0 aliphatic heterocycles. The minimum Gasteiger partial charge on any atom is -0.469 e. The van der Waals surface area contributed by atoms with Crippen LogP contribution in [0, 0.1) is 5.82 Å². The summed E-state index contributed by atoms with van der Waals surface area (Å²) >= 11 is 0. The fourth-order valence-electron chi connectivity index (χ4n) is 3.11. The van der Waals surface area contributed by atoms with Gasteiger partial charge in [0.05, 0.1) is 19.0 Å². The van der Waals surface area contributed by atoms with Gasteiger partial charge in [-0.1, -0.05) is 30.2 Å². The number of carbonyl (C=O) groups is 2. The van der Waals surface area contributed by atoms with Crippen LogP contribution in [0.3, 0.4) is 0 Å². The van der Waals surface area contributed by atoms with Crippen molar-refractivity contribution in [2.24, 2.45) is 0 Å². The molecule has 1 amide bonds. The van der Waals surface area contributed by atoms with Gasteiger partial charge in [-0.05, 0) is 49.2 Å². The van der Waals surface area contributed by atoms with Crippen LogP contribution in [0.4, 0.5) is 10.1 Å². The number of benzene rings is 2. The van der Waals surface area contributed by atoms with Crippen molar-refractivity contribution in [2.45, 2.75) is 38.5 Å². The van der Waals surface area contributed by atoms with Gasteiger partial charge in [0, 0.05) is 24.1 Å². The molecule has 0 fully saturated rings. The number of methoxy groups -OCH3 is 1. The predicted molar refractivity (Wildman–Crippen MR) is 115 cm³/mol. The fourth-order valence-corrected chi connectivity index (χ4v) is 3.11. The van der Waals surface area contributed by atoms with Crippen molar-refractivity contribution < 1.29 is 18.7 Å². The third kappa shape index (κ3) is 6.74. The Balaban J connectivity index is 1.50. The summed E-state index contributed by atoms with van der Waals surface area (Å²) in [6.07, 6.45) is 5.90. The standard InChI is InChI=1S/C23H25FN4O3/c1-31-23(30)10-5-3-2-4-9-22(29)25-19-8-6-7-17(15-19)21-16-28(27-26-21)20-13-11-18(24)12-14-20/h6-8,11-16H,2-5,9-10H2,1H3,(H,25,29). The number of esters is 1. The molecule has 0 spiro atoms. The van der Waals surface area contributed by atoms with Crippen LogP contribution in [0.2, 0.25) is 0 Å². The molecule has 3 aromatic rings. The Morgan fingerprint density at radius 3 is 2.52 bits per heavy atom. The van der Waals surface area contributed by atoms with E-state index in [1.165, 1.54) is 19.2 Å². The van der Waals surface area contributed by atoms with E-state index in [1.54, 1.807) is 23.0 Å². The van der Waals surface area contributed by atoms with Crippen LogP contribution in [0.5, 0.6) is 0 Å². The maximum Gasteiger partial charge on any atom is 0.305 e. The first-order valence-corrected chi connectivity index (χ1v) is 10.2. The quantitative estimate of drug-likeness (QED) is 0.382. The van der Waals surface area contributed by atoms with Crippen LogP contribution in [0.15, 0.2) is 54.7 Å².